The number of hydrogen-bond donors (Lipinski definition) is 1. The first-order valence-corrected chi connectivity index (χ1v) is 3.49. The van der Waals surface area contributed by atoms with E-state index < -0.39 is 0 Å². The largest absolute Gasteiger partial charge is 0.399 e. The lowest BCUT2D eigenvalue weighted by molar-refractivity contribution is 0.644. The zero-order valence-corrected chi connectivity index (χ0v) is 6.62. The van der Waals surface area contributed by atoms with Crippen LogP contribution in [0.3, 0.4) is 0 Å². The molecule has 1 aliphatic heterocycles. The van der Waals surface area contributed by atoms with Crippen LogP contribution in [0.1, 0.15) is 6.92 Å². The highest BCUT2D eigenvalue weighted by molar-refractivity contribution is 5.32. The number of nitrogens with two attached hydrogens (primary N) is 1. The molecule has 1 heterocycles. The third-order valence-electron chi connectivity index (χ3n) is 1.40. The summed E-state index contributed by atoms with van der Waals surface area (Å²) in [5, 5.41) is 0. The van der Waals surface area contributed by atoms with Crippen LogP contribution in [-0.2, 0) is 0 Å². The molecule has 11 heavy (non-hydrogen) atoms. The van der Waals surface area contributed by atoms with Gasteiger partial charge in [-0.25, -0.2) is 0 Å². The van der Waals surface area contributed by atoms with E-state index in [0.717, 1.165) is 11.4 Å². The third-order valence-corrected chi connectivity index (χ3v) is 1.40. The molecule has 0 saturated heterocycles. The first-order valence-electron chi connectivity index (χ1n) is 3.49. The molecule has 1 aliphatic rings. The molecule has 2 nitrogen and oxygen atoms in total. The molecule has 0 spiro atoms. The van der Waals surface area contributed by atoms with Crippen LogP contribution >= 0.6 is 0 Å². The lowest BCUT2D eigenvalue weighted by Gasteiger charge is -2.19. The Morgan fingerprint density at radius 2 is 2.36 bits per heavy atom. The maximum atomic E-state index is 5.55. The predicted octanol–water partition coefficient (Wildman–Crippen LogP) is 1.71. The van der Waals surface area contributed by atoms with E-state index in [1.54, 1.807) is 0 Å². The fraction of sp³-hybridized carbons (Fsp3) is 0.111. The van der Waals surface area contributed by atoms with Gasteiger partial charge in [-0.3, -0.25) is 0 Å². The second-order valence-electron chi connectivity index (χ2n) is 2.34. The number of rotatable bonds is 1. The van der Waals surface area contributed by atoms with E-state index in [-0.39, 0.29) is 0 Å². The molecule has 0 radical (unpaired) electrons. The Labute approximate surface area is 67.0 Å². The lowest BCUT2D eigenvalue weighted by Crippen LogP contribution is -2.12. The topological polar surface area (TPSA) is 29.3 Å². The van der Waals surface area contributed by atoms with Gasteiger partial charge in [0.1, 0.15) is 0 Å². The highest BCUT2D eigenvalue weighted by Crippen LogP contribution is 2.12. The molecule has 0 aliphatic carbocycles. The van der Waals surface area contributed by atoms with Crippen molar-refractivity contribution in [2.24, 2.45) is 5.73 Å². The second kappa shape index (κ2) is 3.10. The van der Waals surface area contributed by atoms with Gasteiger partial charge >= 0.3 is 0 Å². The molecule has 0 saturated carbocycles. The molecule has 0 bridgehead atoms. The highest BCUT2D eigenvalue weighted by Gasteiger charge is 2.01. The van der Waals surface area contributed by atoms with E-state index >= 15 is 0 Å². The van der Waals surface area contributed by atoms with Gasteiger partial charge in [-0.05, 0) is 19.1 Å². The summed E-state index contributed by atoms with van der Waals surface area (Å²) < 4.78 is 0. The molecule has 2 heteroatoms. The quantitative estimate of drug-likeness (QED) is 0.613. The fourth-order valence-corrected chi connectivity index (χ4v) is 0.883. The van der Waals surface area contributed by atoms with Crippen molar-refractivity contribution in [2.75, 3.05) is 0 Å². The van der Waals surface area contributed by atoms with Gasteiger partial charge in [0.15, 0.2) is 0 Å². The monoisotopic (exact) mass is 148 g/mol. The molecule has 0 amide bonds. The normalized spacial score (nSPS) is 17.7. The zero-order valence-electron chi connectivity index (χ0n) is 6.62. The van der Waals surface area contributed by atoms with Crippen molar-refractivity contribution in [1.29, 1.82) is 0 Å². The molecule has 0 aromatic rings. The fourth-order valence-electron chi connectivity index (χ4n) is 0.883. The SMILES string of the molecule is C=C1C=C(N)C=CN1/C=C\C. The molecule has 0 aromatic heterocycles. The second-order valence-corrected chi connectivity index (χ2v) is 2.34. The molecule has 0 fully saturated rings. The Morgan fingerprint density at radius 3 is 2.91 bits per heavy atom. The Bertz CT molecular complexity index is 246. The van der Waals surface area contributed by atoms with Crippen molar-refractivity contribution in [3.05, 3.63) is 48.6 Å². The average molecular weight is 148 g/mol. The molecule has 2 N–H and O–H groups in total. The van der Waals surface area contributed by atoms with Crippen molar-refractivity contribution in [1.82, 2.24) is 4.90 Å². The van der Waals surface area contributed by atoms with Crippen LogP contribution in [0, 0.1) is 0 Å². The minimum atomic E-state index is 0.746. The van der Waals surface area contributed by atoms with Gasteiger partial charge < -0.3 is 10.6 Å². The third kappa shape index (κ3) is 1.74. The molecule has 0 atom stereocenters. The van der Waals surface area contributed by atoms with E-state index in [0.29, 0.717) is 0 Å². The van der Waals surface area contributed by atoms with E-state index in [1.807, 2.05) is 42.5 Å². The predicted molar refractivity (Wildman–Crippen MR) is 47.2 cm³/mol. The molecule has 1 rings (SSSR count). The summed E-state index contributed by atoms with van der Waals surface area (Å²) in [6.07, 6.45) is 9.44. The van der Waals surface area contributed by atoms with E-state index in [4.69, 9.17) is 5.73 Å². The van der Waals surface area contributed by atoms with Gasteiger partial charge in [0.2, 0.25) is 0 Å². The van der Waals surface area contributed by atoms with E-state index in [9.17, 15) is 0 Å². The van der Waals surface area contributed by atoms with Gasteiger partial charge in [-0.2, -0.15) is 0 Å². The van der Waals surface area contributed by atoms with Gasteiger partial charge in [0.05, 0.1) is 0 Å². The Hall–Kier alpha value is -1.44. The molecule has 0 unspecified atom stereocenters. The maximum absolute atomic E-state index is 5.55. The molecular weight excluding hydrogens is 136 g/mol. The summed E-state index contributed by atoms with van der Waals surface area (Å²) in [4.78, 5) is 1.91. The van der Waals surface area contributed by atoms with Crippen LogP contribution in [0.5, 0.6) is 0 Å². The van der Waals surface area contributed by atoms with Crippen LogP contribution in [0.25, 0.3) is 0 Å². The van der Waals surface area contributed by atoms with Crippen molar-refractivity contribution in [3.63, 3.8) is 0 Å². The minimum absolute atomic E-state index is 0.746. The summed E-state index contributed by atoms with van der Waals surface area (Å²) in [6, 6.07) is 0. The Morgan fingerprint density at radius 1 is 1.64 bits per heavy atom. The smallest absolute Gasteiger partial charge is 0.0397 e. The maximum Gasteiger partial charge on any atom is 0.0397 e. The lowest BCUT2D eigenvalue weighted by atomic mass is 10.2. The van der Waals surface area contributed by atoms with Crippen LogP contribution in [0.4, 0.5) is 0 Å². The van der Waals surface area contributed by atoms with E-state index in [2.05, 4.69) is 6.58 Å². The van der Waals surface area contributed by atoms with Gasteiger partial charge in [0, 0.05) is 23.8 Å². The summed E-state index contributed by atoms with van der Waals surface area (Å²) in [7, 11) is 0. The summed E-state index contributed by atoms with van der Waals surface area (Å²) in [6.45, 7) is 5.79. The van der Waals surface area contributed by atoms with Crippen LogP contribution in [0.15, 0.2) is 48.6 Å². The summed E-state index contributed by atoms with van der Waals surface area (Å²) >= 11 is 0. The van der Waals surface area contributed by atoms with Crippen molar-refractivity contribution in [2.45, 2.75) is 6.92 Å². The van der Waals surface area contributed by atoms with Crippen molar-refractivity contribution >= 4 is 0 Å². The van der Waals surface area contributed by atoms with Crippen molar-refractivity contribution in [3.8, 4) is 0 Å². The zero-order chi connectivity index (χ0) is 8.27. The van der Waals surface area contributed by atoms with E-state index in [1.165, 1.54) is 0 Å². The summed E-state index contributed by atoms with van der Waals surface area (Å²) in [5.74, 6) is 0. The van der Waals surface area contributed by atoms with Gasteiger partial charge in [0.25, 0.3) is 0 Å². The number of nitrogens with zero attached hydrogens (tertiary/aromatic N) is 1. The van der Waals surface area contributed by atoms with Crippen LogP contribution < -0.4 is 5.73 Å². The molecule has 0 aromatic carbocycles. The molecule has 58 valence electrons. The Kier molecular flexibility index (Phi) is 2.16. The first-order chi connectivity index (χ1) is 5.24. The average Bonchev–Trinajstić information content (AvgIpc) is 1.95. The first kappa shape index (κ1) is 7.66. The van der Waals surface area contributed by atoms with Gasteiger partial charge in [-0.1, -0.05) is 12.7 Å². The summed E-state index contributed by atoms with van der Waals surface area (Å²) in [5.41, 5.74) is 7.18. The number of allylic oxidation sites excluding steroid dienone is 3. The number of hydrogen-bond acceptors (Lipinski definition) is 2. The van der Waals surface area contributed by atoms with Crippen LogP contribution in [-0.4, -0.2) is 4.90 Å². The van der Waals surface area contributed by atoms with Crippen LogP contribution in [0.2, 0.25) is 0 Å². The minimum Gasteiger partial charge on any atom is -0.399 e. The Balaban J connectivity index is 2.77. The highest BCUT2D eigenvalue weighted by atomic mass is 15.1. The van der Waals surface area contributed by atoms with Gasteiger partial charge in [-0.15, -0.1) is 0 Å². The standard InChI is InChI=1S/C9H12N2/c1-3-5-11-6-4-9(10)7-8(11)2/h3-7H,2,10H2,1H3/b5-3-. The molecular formula is C9H12N2. The van der Waals surface area contributed by atoms with Crippen molar-refractivity contribution < 1.29 is 0 Å².